The van der Waals surface area contributed by atoms with Crippen LogP contribution in [0.15, 0.2) is 42.5 Å². The number of hydrogen-bond acceptors (Lipinski definition) is 7. The summed E-state index contributed by atoms with van der Waals surface area (Å²) in [6.45, 7) is 12.5. The summed E-state index contributed by atoms with van der Waals surface area (Å²) < 4.78 is 17.4. The summed E-state index contributed by atoms with van der Waals surface area (Å²) in [5.74, 6) is 1.63. The van der Waals surface area contributed by atoms with Crippen LogP contribution in [0.2, 0.25) is 0 Å². The zero-order valence-corrected chi connectivity index (χ0v) is 22.2. The molecule has 8 nitrogen and oxygen atoms in total. The average Bonchev–Trinajstić information content (AvgIpc) is 2.90. The number of carbonyl (C=O) groups is 1. The van der Waals surface area contributed by atoms with Crippen LogP contribution in [0.4, 0.5) is 11.4 Å². The minimum atomic E-state index is 0. The van der Waals surface area contributed by atoms with Gasteiger partial charge in [0.2, 0.25) is 5.91 Å². The van der Waals surface area contributed by atoms with Crippen molar-refractivity contribution in [1.82, 2.24) is 9.80 Å². The molecule has 0 aromatic heterocycles. The number of amides is 1. The number of benzene rings is 2. The molecule has 2 aliphatic heterocycles. The van der Waals surface area contributed by atoms with Crippen molar-refractivity contribution in [3.8, 4) is 11.5 Å². The molecule has 1 amide bonds. The predicted molar refractivity (Wildman–Crippen MR) is 146 cm³/mol. The molecule has 2 aromatic rings. The second-order valence-corrected chi connectivity index (χ2v) is 8.78. The highest BCUT2D eigenvalue weighted by atomic mass is 35.5. The lowest BCUT2D eigenvalue weighted by molar-refractivity contribution is -0.131. The van der Waals surface area contributed by atoms with Crippen LogP contribution in [0.5, 0.6) is 11.5 Å². The number of piperazine rings is 1. The summed E-state index contributed by atoms with van der Waals surface area (Å²) in [7, 11) is 0. The molecular weight excluding hydrogens is 480 g/mol. The molecule has 2 saturated heterocycles. The second-order valence-electron chi connectivity index (χ2n) is 8.78. The molecule has 4 rings (SSSR count). The van der Waals surface area contributed by atoms with Crippen LogP contribution in [-0.2, 0) is 16.1 Å². The van der Waals surface area contributed by atoms with Gasteiger partial charge in [-0.3, -0.25) is 9.69 Å². The van der Waals surface area contributed by atoms with E-state index in [1.165, 1.54) is 5.56 Å². The van der Waals surface area contributed by atoms with E-state index in [-0.39, 0.29) is 24.9 Å². The Morgan fingerprint density at radius 3 is 2.25 bits per heavy atom. The Bertz CT molecular complexity index is 948. The van der Waals surface area contributed by atoms with Crippen molar-refractivity contribution >= 4 is 29.7 Å². The zero-order valence-electron chi connectivity index (χ0n) is 21.4. The summed E-state index contributed by atoms with van der Waals surface area (Å²) in [5, 5.41) is 3.32. The van der Waals surface area contributed by atoms with E-state index in [1.807, 2.05) is 36.9 Å². The number of anilines is 2. The molecule has 198 valence electrons. The van der Waals surface area contributed by atoms with Gasteiger partial charge in [0, 0.05) is 57.9 Å². The first-order valence-corrected chi connectivity index (χ1v) is 12.7. The minimum absolute atomic E-state index is 0. The Morgan fingerprint density at radius 1 is 0.917 bits per heavy atom. The lowest BCUT2D eigenvalue weighted by Crippen LogP contribution is -2.49. The Morgan fingerprint density at radius 2 is 1.58 bits per heavy atom. The standard InChI is InChI=1S/C27H38N4O4.ClH/c1-3-34-25-19-24(30-14-16-33-17-15-30)26(35-4-2)18-23(25)28-20-27(32)31-12-10-29(11-13-31)21-22-8-6-5-7-9-22;/h5-9,18-19,28H,3-4,10-17,20-21H2,1-2H3;1H. The molecule has 0 spiro atoms. The SMILES string of the molecule is CCOc1cc(N2CCOCC2)c(OCC)cc1NCC(=O)N1CCN(Cc2ccccc2)CC1.Cl. The highest BCUT2D eigenvalue weighted by Crippen LogP contribution is 2.39. The van der Waals surface area contributed by atoms with Gasteiger partial charge in [-0.05, 0) is 19.4 Å². The molecule has 0 saturated carbocycles. The first kappa shape index (κ1) is 27.9. The van der Waals surface area contributed by atoms with Crippen LogP contribution in [0.1, 0.15) is 19.4 Å². The molecule has 0 atom stereocenters. The van der Waals surface area contributed by atoms with Crippen LogP contribution < -0.4 is 19.7 Å². The van der Waals surface area contributed by atoms with Gasteiger partial charge in [0.15, 0.2) is 0 Å². The van der Waals surface area contributed by atoms with Crippen LogP contribution >= 0.6 is 12.4 Å². The molecule has 2 aromatic carbocycles. The van der Waals surface area contributed by atoms with Crippen LogP contribution in [-0.4, -0.2) is 87.9 Å². The fourth-order valence-corrected chi connectivity index (χ4v) is 4.56. The molecule has 2 fully saturated rings. The third kappa shape index (κ3) is 7.41. The lowest BCUT2D eigenvalue weighted by atomic mass is 10.2. The van der Waals surface area contributed by atoms with Crippen molar-refractivity contribution in [2.24, 2.45) is 0 Å². The van der Waals surface area contributed by atoms with Gasteiger partial charge >= 0.3 is 0 Å². The van der Waals surface area contributed by atoms with E-state index in [2.05, 4.69) is 39.4 Å². The average molecular weight is 519 g/mol. The number of halogens is 1. The Hall–Kier alpha value is -2.68. The molecule has 9 heteroatoms. The van der Waals surface area contributed by atoms with E-state index in [4.69, 9.17) is 14.2 Å². The van der Waals surface area contributed by atoms with E-state index in [0.717, 1.165) is 68.7 Å². The largest absolute Gasteiger partial charge is 0.492 e. The number of rotatable bonds is 10. The fourth-order valence-electron chi connectivity index (χ4n) is 4.56. The third-order valence-corrected chi connectivity index (χ3v) is 6.42. The molecule has 0 radical (unpaired) electrons. The number of hydrogen-bond donors (Lipinski definition) is 1. The van der Waals surface area contributed by atoms with Gasteiger partial charge in [-0.15, -0.1) is 12.4 Å². The van der Waals surface area contributed by atoms with Crippen molar-refractivity contribution in [3.63, 3.8) is 0 Å². The van der Waals surface area contributed by atoms with Gasteiger partial charge in [-0.25, -0.2) is 0 Å². The van der Waals surface area contributed by atoms with E-state index >= 15 is 0 Å². The molecule has 1 N–H and O–H groups in total. The maximum absolute atomic E-state index is 13.0. The van der Waals surface area contributed by atoms with E-state index < -0.39 is 0 Å². The number of ether oxygens (including phenoxy) is 3. The highest BCUT2D eigenvalue weighted by molar-refractivity contribution is 5.85. The summed E-state index contributed by atoms with van der Waals surface area (Å²) in [5.41, 5.74) is 3.09. The highest BCUT2D eigenvalue weighted by Gasteiger charge is 2.23. The molecule has 0 bridgehead atoms. The lowest BCUT2D eigenvalue weighted by Gasteiger charge is -2.35. The zero-order chi connectivity index (χ0) is 24.5. The smallest absolute Gasteiger partial charge is 0.241 e. The second kappa shape index (κ2) is 14.2. The molecule has 0 aliphatic carbocycles. The van der Waals surface area contributed by atoms with Gasteiger partial charge in [-0.1, -0.05) is 30.3 Å². The Balaban J connectivity index is 0.00000361. The third-order valence-electron chi connectivity index (χ3n) is 6.42. The number of nitrogens with zero attached hydrogens (tertiary/aromatic N) is 3. The van der Waals surface area contributed by atoms with Gasteiger partial charge in [0.05, 0.1) is 44.3 Å². The summed E-state index contributed by atoms with van der Waals surface area (Å²) in [4.78, 5) is 19.6. The quantitative estimate of drug-likeness (QED) is 0.516. The van der Waals surface area contributed by atoms with E-state index in [0.29, 0.717) is 26.4 Å². The first-order chi connectivity index (χ1) is 17.2. The maximum Gasteiger partial charge on any atom is 0.241 e. The summed E-state index contributed by atoms with van der Waals surface area (Å²) in [6.07, 6.45) is 0. The Labute approximate surface area is 220 Å². The summed E-state index contributed by atoms with van der Waals surface area (Å²) in [6, 6.07) is 14.5. The van der Waals surface area contributed by atoms with Crippen molar-refractivity contribution in [1.29, 1.82) is 0 Å². The fraction of sp³-hybridized carbons (Fsp3) is 0.519. The molecule has 36 heavy (non-hydrogen) atoms. The first-order valence-electron chi connectivity index (χ1n) is 12.7. The van der Waals surface area contributed by atoms with Gasteiger partial charge < -0.3 is 29.3 Å². The van der Waals surface area contributed by atoms with Crippen LogP contribution in [0.25, 0.3) is 0 Å². The number of carbonyl (C=O) groups excluding carboxylic acids is 1. The topological polar surface area (TPSA) is 66.5 Å². The predicted octanol–water partition coefficient (Wildman–Crippen LogP) is 3.50. The Kier molecular flexibility index (Phi) is 11.0. The number of nitrogens with one attached hydrogen (secondary N) is 1. The van der Waals surface area contributed by atoms with Gasteiger partial charge in [-0.2, -0.15) is 0 Å². The monoisotopic (exact) mass is 518 g/mol. The molecule has 2 aliphatic rings. The normalized spacial score (nSPS) is 16.3. The van der Waals surface area contributed by atoms with Crippen LogP contribution in [0, 0.1) is 0 Å². The van der Waals surface area contributed by atoms with Gasteiger partial charge in [0.25, 0.3) is 0 Å². The minimum Gasteiger partial charge on any atom is -0.492 e. The maximum atomic E-state index is 13.0. The molecular formula is C27H39ClN4O4. The van der Waals surface area contributed by atoms with E-state index in [1.54, 1.807) is 0 Å². The molecule has 2 heterocycles. The van der Waals surface area contributed by atoms with Crippen molar-refractivity contribution in [3.05, 3.63) is 48.0 Å². The van der Waals surface area contributed by atoms with E-state index in [9.17, 15) is 4.79 Å². The van der Waals surface area contributed by atoms with Crippen molar-refractivity contribution < 1.29 is 19.0 Å². The van der Waals surface area contributed by atoms with Crippen molar-refractivity contribution in [2.45, 2.75) is 20.4 Å². The molecule has 0 unspecified atom stereocenters. The summed E-state index contributed by atoms with van der Waals surface area (Å²) >= 11 is 0. The number of morpholine rings is 1. The van der Waals surface area contributed by atoms with Crippen LogP contribution in [0.3, 0.4) is 0 Å². The van der Waals surface area contributed by atoms with Gasteiger partial charge in [0.1, 0.15) is 11.5 Å². The van der Waals surface area contributed by atoms with Crippen molar-refractivity contribution in [2.75, 3.05) is 82.5 Å².